The van der Waals surface area contributed by atoms with Gasteiger partial charge in [-0.05, 0) is 80.1 Å². The minimum absolute atomic E-state index is 0.0350. The van der Waals surface area contributed by atoms with E-state index in [0.29, 0.717) is 23.5 Å². The summed E-state index contributed by atoms with van der Waals surface area (Å²) in [6, 6.07) is 6.03. The number of hydrogen-bond acceptors (Lipinski definition) is 2. The molecule has 0 aromatic heterocycles. The topological polar surface area (TPSA) is 18.5 Å². The lowest BCUT2D eigenvalue weighted by molar-refractivity contribution is 0.0843. The molecular formula is C22H28Cl2O2. The number of unbranched alkanes of at least 4 members (excludes halogenated alkanes) is 1. The Morgan fingerprint density at radius 1 is 1.19 bits per heavy atom. The van der Waals surface area contributed by atoms with Crippen LogP contribution in [0.5, 0.6) is 5.75 Å². The summed E-state index contributed by atoms with van der Waals surface area (Å²) in [6.45, 7) is 2.85. The quantitative estimate of drug-likeness (QED) is 0.303. The molecule has 4 aliphatic carbocycles. The molecule has 0 heterocycles. The zero-order chi connectivity index (χ0) is 18.3. The third-order valence-corrected chi connectivity index (χ3v) is 7.18. The van der Waals surface area contributed by atoms with Gasteiger partial charge in [0.15, 0.2) is 0 Å². The first-order valence-electron chi connectivity index (χ1n) is 9.92. The van der Waals surface area contributed by atoms with Gasteiger partial charge in [-0.1, -0.05) is 24.9 Å². The normalized spacial score (nSPS) is 32.0. The zero-order valence-electron chi connectivity index (χ0n) is 15.7. The van der Waals surface area contributed by atoms with Gasteiger partial charge in [0.25, 0.3) is 0 Å². The molecule has 4 fully saturated rings. The maximum absolute atomic E-state index is 6.91. The highest BCUT2D eigenvalue weighted by Gasteiger charge is 2.53. The molecule has 2 atom stereocenters. The molecule has 1 aromatic rings. The molecule has 0 spiro atoms. The second-order valence-electron chi connectivity index (χ2n) is 8.33. The SMILES string of the molecule is CCCCOc1cc(C(OC)=C2C3CC4CC2CC(Cl)(C4)C3)ccc1Cl. The molecule has 2 unspecified atom stereocenters. The van der Waals surface area contributed by atoms with Gasteiger partial charge in [0.05, 0.1) is 18.7 Å². The Hall–Kier alpha value is -0.860. The third-order valence-electron chi connectivity index (χ3n) is 6.41. The van der Waals surface area contributed by atoms with Crippen molar-refractivity contribution >= 4 is 29.0 Å². The first-order chi connectivity index (χ1) is 12.5. The molecule has 0 saturated heterocycles. The molecule has 1 aromatic carbocycles. The van der Waals surface area contributed by atoms with Crippen LogP contribution in [0.3, 0.4) is 0 Å². The van der Waals surface area contributed by atoms with Gasteiger partial charge in [0.1, 0.15) is 11.5 Å². The van der Waals surface area contributed by atoms with E-state index in [2.05, 4.69) is 13.0 Å². The Labute approximate surface area is 166 Å². The maximum atomic E-state index is 6.91. The van der Waals surface area contributed by atoms with Gasteiger partial charge in [-0.25, -0.2) is 0 Å². The third kappa shape index (κ3) is 3.36. The fraction of sp³-hybridized carbons (Fsp3) is 0.636. The lowest BCUT2D eigenvalue weighted by Crippen LogP contribution is -2.48. The van der Waals surface area contributed by atoms with Crippen LogP contribution in [-0.4, -0.2) is 18.6 Å². The van der Waals surface area contributed by atoms with Crippen molar-refractivity contribution in [3.05, 3.63) is 34.4 Å². The highest BCUT2D eigenvalue weighted by molar-refractivity contribution is 6.32. The summed E-state index contributed by atoms with van der Waals surface area (Å²) in [6.07, 6.45) is 8.06. The van der Waals surface area contributed by atoms with Crippen LogP contribution in [0.4, 0.5) is 0 Å². The van der Waals surface area contributed by atoms with E-state index in [-0.39, 0.29) is 4.87 Å². The van der Waals surface area contributed by atoms with Crippen LogP contribution in [0, 0.1) is 17.8 Å². The molecule has 5 rings (SSSR count). The number of allylic oxidation sites excluding steroid dienone is 1. The van der Waals surface area contributed by atoms with Gasteiger partial charge in [0.2, 0.25) is 0 Å². The van der Waals surface area contributed by atoms with Crippen LogP contribution in [0.2, 0.25) is 5.02 Å². The number of ether oxygens (including phenoxy) is 2. The largest absolute Gasteiger partial charge is 0.496 e. The van der Waals surface area contributed by atoms with Crippen molar-refractivity contribution in [1.29, 1.82) is 0 Å². The first-order valence-corrected chi connectivity index (χ1v) is 10.7. The van der Waals surface area contributed by atoms with Gasteiger partial charge in [-0.15, -0.1) is 11.6 Å². The van der Waals surface area contributed by atoms with Gasteiger partial charge in [-0.3, -0.25) is 0 Å². The van der Waals surface area contributed by atoms with Crippen molar-refractivity contribution < 1.29 is 9.47 Å². The Bertz CT molecular complexity index is 694. The minimum Gasteiger partial charge on any atom is -0.496 e. The van der Waals surface area contributed by atoms with E-state index in [0.717, 1.165) is 48.7 Å². The van der Waals surface area contributed by atoms with Crippen LogP contribution < -0.4 is 4.74 Å². The summed E-state index contributed by atoms with van der Waals surface area (Å²) in [5.74, 6) is 3.70. The summed E-state index contributed by atoms with van der Waals surface area (Å²) in [5.41, 5.74) is 2.57. The first kappa shape index (κ1) is 18.5. The Morgan fingerprint density at radius 3 is 2.54 bits per heavy atom. The molecule has 4 saturated carbocycles. The van der Waals surface area contributed by atoms with E-state index in [4.69, 9.17) is 32.7 Å². The molecule has 4 aliphatic rings. The fourth-order valence-electron chi connectivity index (χ4n) is 5.55. The smallest absolute Gasteiger partial charge is 0.138 e. The maximum Gasteiger partial charge on any atom is 0.138 e. The molecule has 0 aliphatic heterocycles. The molecule has 2 nitrogen and oxygen atoms in total. The molecule has 0 N–H and O–H groups in total. The summed E-state index contributed by atoms with van der Waals surface area (Å²) in [7, 11) is 1.79. The van der Waals surface area contributed by atoms with Crippen molar-refractivity contribution in [1.82, 2.24) is 0 Å². The van der Waals surface area contributed by atoms with Crippen molar-refractivity contribution in [3.63, 3.8) is 0 Å². The Kier molecular flexibility index (Phi) is 5.18. The molecule has 26 heavy (non-hydrogen) atoms. The lowest BCUT2D eigenvalue weighted by atomic mass is 9.53. The number of methoxy groups -OCH3 is 1. The summed E-state index contributed by atoms with van der Waals surface area (Å²) in [4.78, 5) is 0.0350. The molecule has 4 bridgehead atoms. The van der Waals surface area contributed by atoms with Gasteiger partial charge in [0, 0.05) is 10.4 Å². The standard InChI is InChI=1S/C22H28Cl2O2/c1-3-4-7-26-19-10-15(5-6-18(19)23)21(25-2)20-16-8-14-9-17(20)13-22(24,11-14)12-16/h5-6,10,14,16-17H,3-4,7-9,11-13H2,1-2H3. The van der Waals surface area contributed by atoms with E-state index in [1.807, 2.05) is 12.1 Å². The number of benzene rings is 1. The molecule has 4 heteroatoms. The fourth-order valence-corrected chi connectivity index (χ4v) is 6.31. The minimum atomic E-state index is 0.0350. The molecular weight excluding hydrogens is 367 g/mol. The van der Waals surface area contributed by atoms with Crippen LogP contribution in [0.25, 0.3) is 5.76 Å². The molecule has 142 valence electrons. The van der Waals surface area contributed by atoms with E-state index >= 15 is 0 Å². The van der Waals surface area contributed by atoms with Crippen molar-refractivity contribution in [2.75, 3.05) is 13.7 Å². The second kappa shape index (κ2) is 7.28. The van der Waals surface area contributed by atoms with Crippen molar-refractivity contribution in [3.8, 4) is 5.75 Å². The highest BCUT2D eigenvalue weighted by atomic mass is 35.5. The monoisotopic (exact) mass is 394 g/mol. The number of alkyl halides is 1. The second-order valence-corrected chi connectivity index (χ2v) is 9.54. The van der Waals surface area contributed by atoms with Gasteiger partial charge < -0.3 is 9.47 Å². The number of rotatable bonds is 6. The van der Waals surface area contributed by atoms with Crippen molar-refractivity contribution in [2.24, 2.45) is 17.8 Å². The summed E-state index contributed by atoms with van der Waals surface area (Å²) < 4.78 is 11.9. The van der Waals surface area contributed by atoms with Crippen LogP contribution >= 0.6 is 23.2 Å². The molecule has 0 radical (unpaired) electrons. The lowest BCUT2D eigenvalue weighted by Gasteiger charge is -2.55. The summed E-state index contributed by atoms with van der Waals surface area (Å²) >= 11 is 13.3. The van der Waals surface area contributed by atoms with Gasteiger partial charge >= 0.3 is 0 Å². The predicted octanol–water partition coefficient (Wildman–Crippen LogP) is 6.69. The van der Waals surface area contributed by atoms with Crippen LogP contribution in [0.1, 0.15) is 57.4 Å². The van der Waals surface area contributed by atoms with E-state index in [1.165, 1.54) is 24.8 Å². The average molecular weight is 395 g/mol. The highest BCUT2D eigenvalue weighted by Crippen LogP contribution is 2.61. The van der Waals surface area contributed by atoms with Gasteiger partial charge in [-0.2, -0.15) is 0 Å². The van der Waals surface area contributed by atoms with E-state index in [1.54, 1.807) is 7.11 Å². The zero-order valence-corrected chi connectivity index (χ0v) is 17.2. The van der Waals surface area contributed by atoms with Crippen LogP contribution in [0.15, 0.2) is 23.8 Å². The average Bonchev–Trinajstić information content (AvgIpc) is 2.59. The summed E-state index contributed by atoms with van der Waals surface area (Å²) in [5, 5.41) is 0.662. The Morgan fingerprint density at radius 2 is 1.92 bits per heavy atom. The number of halogens is 2. The number of hydrogen-bond donors (Lipinski definition) is 0. The van der Waals surface area contributed by atoms with E-state index < -0.39 is 0 Å². The Balaban J connectivity index is 1.67. The molecule has 0 amide bonds. The van der Waals surface area contributed by atoms with Crippen LogP contribution in [-0.2, 0) is 4.74 Å². The van der Waals surface area contributed by atoms with E-state index in [9.17, 15) is 0 Å². The predicted molar refractivity (Wildman–Crippen MR) is 108 cm³/mol. The van der Waals surface area contributed by atoms with Crippen molar-refractivity contribution in [2.45, 2.75) is 56.7 Å².